The lowest BCUT2D eigenvalue weighted by Crippen LogP contribution is -2.46. The van der Waals surface area contributed by atoms with E-state index >= 15 is 0 Å². The Kier molecular flexibility index (Phi) is 6.07. The van der Waals surface area contributed by atoms with Crippen LogP contribution in [-0.2, 0) is 12.7 Å². The van der Waals surface area contributed by atoms with Gasteiger partial charge in [0.1, 0.15) is 5.82 Å². The summed E-state index contributed by atoms with van der Waals surface area (Å²) in [6.07, 6.45) is -0.570. The zero-order chi connectivity index (χ0) is 20.3. The van der Waals surface area contributed by atoms with E-state index in [0.29, 0.717) is 18.1 Å². The molecule has 5 nitrogen and oxygen atoms in total. The van der Waals surface area contributed by atoms with E-state index in [2.05, 4.69) is 19.8 Å². The fraction of sp³-hybridized carbons (Fsp3) is 0.500. The van der Waals surface area contributed by atoms with Gasteiger partial charge in [0.05, 0.1) is 5.56 Å². The molecule has 0 spiro atoms. The second kappa shape index (κ2) is 8.34. The van der Waals surface area contributed by atoms with Crippen molar-refractivity contribution >= 4 is 11.8 Å². The average molecular weight is 393 g/mol. The number of likely N-dealkylation sites (N-methyl/N-ethyl adjacent to an activating group) is 1. The highest BCUT2D eigenvalue weighted by molar-refractivity contribution is 5.42. The quantitative estimate of drug-likeness (QED) is 0.775. The molecule has 3 rings (SSSR count). The number of nitrogens with zero attached hydrogens (tertiary/aromatic N) is 5. The minimum atomic E-state index is -4.31. The topological polar surface area (TPSA) is 35.5 Å². The maximum atomic E-state index is 13.0. The van der Waals surface area contributed by atoms with Crippen molar-refractivity contribution in [2.45, 2.75) is 31.6 Å². The zero-order valence-corrected chi connectivity index (χ0v) is 16.4. The molecule has 0 bridgehead atoms. The van der Waals surface area contributed by atoms with Crippen LogP contribution in [0.15, 0.2) is 36.5 Å². The summed E-state index contributed by atoms with van der Waals surface area (Å²) in [5.41, 5.74) is 0.0913. The Morgan fingerprint density at radius 1 is 1.18 bits per heavy atom. The molecule has 0 amide bonds. The first-order valence-electron chi connectivity index (χ1n) is 9.36. The fourth-order valence-corrected chi connectivity index (χ4v) is 3.52. The summed E-state index contributed by atoms with van der Waals surface area (Å²) >= 11 is 0. The second-order valence-electron chi connectivity index (χ2n) is 7.45. The molecule has 1 aliphatic heterocycles. The van der Waals surface area contributed by atoms with Crippen molar-refractivity contribution in [2.75, 3.05) is 44.0 Å². The van der Waals surface area contributed by atoms with Gasteiger partial charge in [-0.15, -0.1) is 0 Å². The molecule has 0 aliphatic carbocycles. The van der Waals surface area contributed by atoms with Gasteiger partial charge in [0.2, 0.25) is 5.95 Å². The van der Waals surface area contributed by atoms with Crippen LogP contribution in [0.1, 0.15) is 24.0 Å². The maximum Gasteiger partial charge on any atom is 0.416 e. The largest absolute Gasteiger partial charge is 0.416 e. The van der Waals surface area contributed by atoms with E-state index in [4.69, 9.17) is 0 Å². The Labute approximate surface area is 163 Å². The van der Waals surface area contributed by atoms with Gasteiger partial charge in [0, 0.05) is 46.5 Å². The summed E-state index contributed by atoms with van der Waals surface area (Å²) in [6.45, 7) is 2.15. The van der Waals surface area contributed by atoms with E-state index in [1.54, 1.807) is 12.3 Å². The third kappa shape index (κ3) is 4.92. The molecule has 0 saturated carbocycles. The molecule has 152 valence electrons. The van der Waals surface area contributed by atoms with E-state index in [-0.39, 0.29) is 6.04 Å². The molecule has 1 aromatic carbocycles. The van der Waals surface area contributed by atoms with Gasteiger partial charge in [-0.2, -0.15) is 18.2 Å². The molecule has 0 radical (unpaired) electrons. The van der Waals surface area contributed by atoms with E-state index in [1.807, 2.05) is 32.1 Å². The van der Waals surface area contributed by atoms with Crippen LogP contribution < -0.4 is 9.80 Å². The molecular formula is C20H26F3N5. The lowest BCUT2D eigenvalue weighted by molar-refractivity contribution is -0.137. The number of halogens is 3. The molecule has 1 saturated heterocycles. The van der Waals surface area contributed by atoms with E-state index in [1.165, 1.54) is 12.1 Å². The molecule has 1 aliphatic rings. The molecule has 28 heavy (non-hydrogen) atoms. The lowest BCUT2D eigenvalue weighted by Gasteiger charge is -2.37. The Bertz CT molecular complexity index is 793. The zero-order valence-electron chi connectivity index (χ0n) is 16.4. The van der Waals surface area contributed by atoms with Gasteiger partial charge in [0.25, 0.3) is 0 Å². The van der Waals surface area contributed by atoms with Gasteiger partial charge < -0.3 is 9.80 Å². The number of anilines is 2. The van der Waals surface area contributed by atoms with Crippen molar-refractivity contribution in [3.8, 4) is 0 Å². The van der Waals surface area contributed by atoms with Crippen LogP contribution in [0.2, 0.25) is 0 Å². The Hall–Kier alpha value is -2.35. The van der Waals surface area contributed by atoms with Gasteiger partial charge in [-0.25, -0.2) is 4.98 Å². The van der Waals surface area contributed by atoms with Crippen LogP contribution >= 0.6 is 0 Å². The van der Waals surface area contributed by atoms with Crippen LogP contribution in [-0.4, -0.2) is 55.1 Å². The third-order valence-corrected chi connectivity index (χ3v) is 5.09. The van der Waals surface area contributed by atoms with Gasteiger partial charge in [0.15, 0.2) is 0 Å². The Morgan fingerprint density at radius 2 is 1.96 bits per heavy atom. The first-order chi connectivity index (χ1) is 13.2. The predicted molar refractivity (Wildman–Crippen MR) is 105 cm³/mol. The molecule has 2 heterocycles. The monoisotopic (exact) mass is 393 g/mol. The van der Waals surface area contributed by atoms with Crippen molar-refractivity contribution in [1.82, 2.24) is 14.9 Å². The minimum absolute atomic E-state index is 0.219. The molecule has 8 heteroatoms. The summed E-state index contributed by atoms with van der Waals surface area (Å²) in [7, 11) is 5.85. The van der Waals surface area contributed by atoms with E-state index < -0.39 is 11.7 Å². The molecule has 1 aromatic heterocycles. The number of rotatable bonds is 5. The Morgan fingerprint density at radius 3 is 2.68 bits per heavy atom. The number of aromatic nitrogens is 2. The Balaban J connectivity index is 1.68. The number of likely N-dealkylation sites (tertiary alicyclic amines) is 1. The molecular weight excluding hydrogens is 367 g/mol. The van der Waals surface area contributed by atoms with Crippen molar-refractivity contribution in [3.05, 3.63) is 47.7 Å². The van der Waals surface area contributed by atoms with Gasteiger partial charge >= 0.3 is 6.18 Å². The summed E-state index contributed by atoms with van der Waals surface area (Å²) in [6, 6.07) is 7.68. The van der Waals surface area contributed by atoms with Crippen LogP contribution in [0.3, 0.4) is 0 Å². The normalized spacial score (nSPS) is 18.1. The van der Waals surface area contributed by atoms with Crippen LogP contribution in [0.4, 0.5) is 24.9 Å². The van der Waals surface area contributed by atoms with Gasteiger partial charge in [-0.05, 0) is 37.1 Å². The van der Waals surface area contributed by atoms with Gasteiger partial charge in [-0.3, -0.25) is 4.90 Å². The molecule has 1 fully saturated rings. The number of piperidine rings is 1. The van der Waals surface area contributed by atoms with E-state index in [9.17, 15) is 13.2 Å². The minimum Gasteiger partial charge on any atom is -0.363 e. The van der Waals surface area contributed by atoms with Gasteiger partial charge in [-0.1, -0.05) is 18.2 Å². The SMILES string of the molecule is CN(C)c1ccnc(N(C)C2CCCN(Cc3cccc(C(F)(F)F)c3)C2)n1. The van der Waals surface area contributed by atoms with Crippen molar-refractivity contribution < 1.29 is 13.2 Å². The highest BCUT2D eigenvalue weighted by Gasteiger charge is 2.31. The maximum absolute atomic E-state index is 13.0. The molecule has 1 atom stereocenters. The number of hydrogen-bond acceptors (Lipinski definition) is 5. The second-order valence-corrected chi connectivity index (χ2v) is 7.45. The van der Waals surface area contributed by atoms with E-state index in [0.717, 1.165) is 37.8 Å². The summed E-state index contributed by atoms with van der Waals surface area (Å²) < 4.78 is 38.9. The summed E-state index contributed by atoms with van der Waals surface area (Å²) in [5.74, 6) is 1.51. The molecule has 2 aromatic rings. The van der Waals surface area contributed by atoms with Crippen LogP contribution in [0.5, 0.6) is 0 Å². The first kappa shape index (κ1) is 20.4. The first-order valence-corrected chi connectivity index (χ1v) is 9.36. The van der Waals surface area contributed by atoms with Crippen molar-refractivity contribution in [1.29, 1.82) is 0 Å². The fourth-order valence-electron chi connectivity index (χ4n) is 3.52. The molecule has 1 unspecified atom stereocenters. The highest BCUT2D eigenvalue weighted by atomic mass is 19.4. The standard InChI is InChI=1S/C20H26F3N5/c1-26(2)18-9-10-24-19(25-18)27(3)17-8-5-11-28(14-17)13-15-6-4-7-16(12-15)20(21,22)23/h4,6-7,9-10,12,17H,5,8,11,13-14H2,1-3H3. The molecule has 0 N–H and O–H groups in total. The van der Waals surface area contributed by atoms with Crippen molar-refractivity contribution in [2.24, 2.45) is 0 Å². The van der Waals surface area contributed by atoms with Crippen molar-refractivity contribution in [3.63, 3.8) is 0 Å². The number of benzene rings is 1. The smallest absolute Gasteiger partial charge is 0.363 e. The lowest BCUT2D eigenvalue weighted by atomic mass is 10.0. The summed E-state index contributed by atoms with van der Waals surface area (Å²) in [5, 5.41) is 0. The highest BCUT2D eigenvalue weighted by Crippen LogP contribution is 2.30. The number of hydrogen-bond donors (Lipinski definition) is 0. The van der Waals surface area contributed by atoms with Crippen LogP contribution in [0, 0.1) is 0 Å². The van der Waals surface area contributed by atoms with Crippen LogP contribution in [0.25, 0.3) is 0 Å². The average Bonchev–Trinajstić information content (AvgIpc) is 2.67. The third-order valence-electron chi connectivity index (χ3n) is 5.09. The predicted octanol–water partition coefficient (Wildman–Crippen LogP) is 3.66. The summed E-state index contributed by atoms with van der Waals surface area (Å²) in [4.78, 5) is 15.2. The number of alkyl halides is 3.